The lowest BCUT2D eigenvalue weighted by molar-refractivity contribution is 0.333. The maximum atomic E-state index is 12.3. The van der Waals surface area contributed by atoms with Gasteiger partial charge >= 0.3 is 0 Å². The van der Waals surface area contributed by atoms with E-state index >= 15 is 0 Å². The summed E-state index contributed by atoms with van der Waals surface area (Å²) in [7, 11) is -1.32. The van der Waals surface area contributed by atoms with Gasteiger partial charge in [-0.1, -0.05) is 38.5 Å². The van der Waals surface area contributed by atoms with E-state index in [1.54, 1.807) is 7.05 Å². The summed E-state index contributed by atoms with van der Waals surface area (Å²) in [6.45, 7) is 6.47. The van der Waals surface area contributed by atoms with E-state index in [2.05, 4.69) is 5.32 Å². The smallest absolute Gasteiger partial charge is 0.152 e. The highest BCUT2D eigenvalue weighted by molar-refractivity contribution is 7.91. The molecule has 0 saturated carbocycles. The molecule has 1 aromatic rings. The highest BCUT2D eigenvalue weighted by Gasteiger charge is 2.23. The monoisotopic (exact) mass is 313 g/mol. The average molecular weight is 313 g/mol. The fourth-order valence-electron chi connectivity index (χ4n) is 2.26. The summed E-state index contributed by atoms with van der Waals surface area (Å²) in [5.74, 6) is 1.27. The Labute approximate surface area is 128 Å². The number of ether oxygens (including phenoxy) is 1. The van der Waals surface area contributed by atoms with Gasteiger partial charge in [0.1, 0.15) is 5.75 Å². The van der Waals surface area contributed by atoms with Crippen molar-refractivity contribution in [3.05, 3.63) is 29.8 Å². The van der Waals surface area contributed by atoms with E-state index in [4.69, 9.17) is 4.74 Å². The number of para-hydroxylation sites is 1. The second-order valence-corrected chi connectivity index (χ2v) is 7.56. The van der Waals surface area contributed by atoms with Crippen LogP contribution in [0.5, 0.6) is 5.75 Å². The van der Waals surface area contributed by atoms with Crippen LogP contribution >= 0.6 is 0 Å². The second-order valence-electron chi connectivity index (χ2n) is 5.40. The van der Waals surface area contributed by atoms with Crippen molar-refractivity contribution in [1.29, 1.82) is 0 Å². The predicted octanol–water partition coefficient (Wildman–Crippen LogP) is 2.81. The Kier molecular flexibility index (Phi) is 7.18. The Morgan fingerprint density at radius 1 is 1.19 bits per heavy atom. The molecule has 0 radical (unpaired) electrons. The van der Waals surface area contributed by atoms with Crippen molar-refractivity contribution in [2.24, 2.45) is 5.92 Å². The molecule has 0 aliphatic heterocycles. The first-order valence-electron chi connectivity index (χ1n) is 7.52. The Bertz CT molecular complexity index is 528. The molecular formula is C16H27NO3S. The first-order chi connectivity index (χ1) is 9.93. The van der Waals surface area contributed by atoms with Gasteiger partial charge in [-0.05, 0) is 26.0 Å². The van der Waals surface area contributed by atoms with Crippen LogP contribution in [-0.2, 0) is 9.84 Å². The molecule has 1 N–H and O–H groups in total. The molecule has 0 spiro atoms. The van der Waals surface area contributed by atoms with Crippen LogP contribution in [0, 0.1) is 5.92 Å². The second kappa shape index (κ2) is 8.39. The molecule has 1 rings (SSSR count). The van der Waals surface area contributed by atoms with Crippen molar-refractivity contribution in [1.82, 2.24) is 5.32 Å². The number of rotatable bonds is 9. The van der Waals surface area contributed by atoms with Gasteiger partial charge in [0.15, 0.2) is 9.84 Å². The number of sulfone groups is 1. The van der Waals surface area contributed by atoms with E-state index in [0.29, 0.717) is 6.61 Å². The minimum absolute atomic E-state index is 0.0952. The van der Waals surface area contributed by atoms with Gasteiger partial charge in [0.05, 0.1) is 18.1 Å². The van der Waals surface area contributed by atoms with Crippen LogP contribution in [0.3, 0.4) is 0 Å². The number of benzene rings is 1. The third kappa shape index (κ3) is 5.67. The van der Waals surface area contributed by atoms with Gasteiger partial charge in [-0.3, -0.25) is 0 Å². The fourth-order valence-corrected chi connectivity index (χ4v) is 4.35. The van der Waals surface area contributed by atoms with Crippen LogP contribution in [0.2, 0.25) is 0 Å². The topological polar surface area (TPSA) is 55.4 Å². The van der Waals surface area contributed by atoms with E-state index < -0.39 is 9.84 Å². The largest absolute Gasteiger partial charge is 0.494 e. The molecule has 0 aliphatic carbocycles. The highest BCUT2D eigenvalue weighted by atomic mass is 32.2. The summed E-state index contributed by atoms with van der Waals surface area (Å²) in [6.07, 6.45) is 0.874. The Balaban J connectivity index is 2.93. The minimum Gasteiger partial charge on any atom is -0.494 e. The van der Waals surface area contributed by atoms with Crippen LogP contribution < -0.4 is 10.1 Å². The third-order valence-corrected chi connectivity index (χ3v) is 5.52. The quantitative estimate of drug-likeness (QED) is 0.761. The van der Waals surface area contributed by atoms with Crippen LogP contribution in [0.1, 0.15) is 38.8 Å². The van der Waals surface area contributed by atoms with Gasteiger partial charge in [0.2, 0.25) is 0 Å². The highest BCUT2D eigenvalue weighted by Crippen LogP contribution is 2.26. The molecule has 5 heteroatoms. The van der Waals surface area contributed by atoms with Gasteiger partial charge in [0.25, 0.3) is 0 Å². The Hall–Kier alpha value is -1.07. The molecule has 2 atom stereocenters. The lowest BCUT2D eigenvalue weighted by atomic mass is 10.1. The molecule has 0 aromatic heterocycles. The lowest BCUT2D eigenvalue weighted by Gasteiger charge is -2.20. The molecule has 0 heterocycles. The van der Waals surface area contributed by atoms with E-state index in [1.165, 1.54) is 0 Å². The molecule has 4 nitrogen and oxygen atoms in total. The summed E-state index contributed by atoms with van der Waals surface area (Å²) in [5, 5.41) is 3.11. The summed E-state index contributed by atoms with van der Waals surface area (Å²) in [5.41, 5.74) is 0.898. The normalized spacial score (nSPS) is 14.7. The van der Waals surface area contributed by atoms with Crippen molar-refractivity contribution in [3.63, 3.8) is 0 Å². The van der Waals surface area contributed by atoms with Crippen molar-refractivity contribution in [3.8, 4) is 5.75 Å². The maximum absolute atomic E-state index is 12.3. The van der Waals surface area contributed by atoms with E-state index in [0.717, 1.165) is 17.7 Å². The minimum atomic E-state index is -3.10. The molecule has 0 saturated heterocycles. The predicted molar refractivity (Wildman–Crippen MR) is 87.5 cm³/mol. The fraction of sp³-hybridized carbons (Fsp3) is 0.625. The molecule has 0 fully saturated rings. The average Bonchev–Trinajstić information content (AvgIpc) is 2.45. The van der Waals surface area contributed by atoms with Crippen molar-refractivity contribution in [2.45, 2.75) is 33.2 Å². The Morgan fingerprint density at radius 3 is 2.43 bits per heavy atom. The van der Waals surface area contributed by atoms with Crippen LogP contribution in [0.15, 0.2) is 24.3 Å². The van der Waals surface area contributed by atoms with E-state index in [9.17, 15) is 8.42 Å². The molecule has 0 bridgehead atoms. The standard InChI is InChI=1S/C16H27NO3S/c1-5-13(3)11-21(18,19)12-15(17-4)14-9-7-8-10-16(14)20-6-2/h7-10,13,15,17H,5-6,11-12H2,1-4H3. The zero-order chi connectivity index (χ0) is 15.9. The molecule has 120 valence electrons. The molecule has 0 aliphatic rings. The molecule has 21 heavy (non-hydrogen) atoms. The SMILES string of the molecule is CCOc1ccccc1C(CS(=O)(=O)CC(C)CC)NC. The lowest BCUT2D eigenvalue weighted by Crippen LogP contribution is -2.28. The maximum Gasteiger partial charge on any atom is 0.152 e. The molecule has 2 unspecified atom stereocenters. The zero-order valence-corrected chi connectivity index (χ0v) is 14.2. The van der Waals surface area contributed by atoms with E-state index in [1.807, 2.05) is 45.0 Å². The first kappa shape index (κ1) is 18.0. The van der Waals surface area contributed by atoms with Crippen LogP contribution in [0.25, 0.3) is 0 Å². The molecule has 1 aromatic carbocycles. The first-order valence-corrected chi connectivity index (χ1v) is 9.35. The van der Waals surface area contributed by atoms with Crippen molar-refractivity contribution in [2.75, 3.05) is 25.2 Å². The summed E-state index contributed by atoms with van der Waals surface area (Å²) >= 11 is 0. The summed E-state index contributed by atoms with van der Waals surface area (Å²) in [4.78, 5) is 0. The van der Waals surface area contributed by atoms with E-state index in [-0.39, 0.29) is 23.5 Å². The Morgan fingerprint density at radius 2 is 1.86 bits per heavy atom. The zero-order valence-electron chi connectivity index (χ0n) is 13.4. The third-order valence-electron chi connectivity index (χ3n) is 3.60. The van der Waals surface area contributed by atoms with Gasteiger partial charge in [-0.15, -0.1) is 0 Å². The number of hydrogen-bond donors (Lipinski definition) is 1. The summed E-state index contributed by atoms with van der Waals surface area (Å²) < 4.78 is 30.3. The van der Waals surface area contributed by atoms with Gasteiger partial charge in [-0.25, -0.2) is 8.42 Å². The van der Waals surface area contributed by atoms with Crippen LogP contribution in [0.4, 0.5) is 0 Å². The van der Waals surface area contributed by atoms with Crippen LogP contribution in [-0.4, -0.2) is 33.6 Å². The van der Waals surface area contributed by atoms with Gasteiger partial charge in [0, 0.05) is 11.6 Å². The van der Waals surface area contributed by atoms with Crippen molar-refractivity contribution >= 4 is 9.84 Å². The summed E-state index contributed by atoms with van der Waals surface area (Å²) in [6, 6.07) is 7.36. The number of hydrogen-bond acceptors (Lipinski definition) is 4. The number of nitrogens with one attached hydrogen (secondary N) is 1. The molecule has 0 amide bonds. The van der Waals surface area contributed by atoms with Gasteiger partial charge < -0.3 is 10.1 Å². The van der Waals surface area contributed by atoms with Crippen molar-refractivity contribution < 1.29 is 13.2 Å². The van der Waals surface area contributed by atoms with Gasteiger partial charge in [-0.2, -0.15) is 0 Å². The molecular weight excluding hydrogens is 286 g/mol.